The van der Waals surface area contributed by atoms with Gasteiger partial charge in [-0.25, -0.2) is 4.98 Å². The first-order valence-electron chi connectivity index (χ1n) is 8.47. The maximum atomic E-state index is 5.66. The van der Waals surface area contributed by atoms with Crippen LogP contribution in [0.2, 0.25) is 0 Å². The lowest BCUT2D eigenvalue weighted by Gasteiger charge is -2.22. The van der Waals surface area contributed by atoms with Gasteiger partial charge >= 0.3 is 0 Å². The number of rotatable bonds is 4. The molecule has 0 radical (unpaired) electrons. The van der Waals surface area contributed by atoms with Gasteiger partial charge in [-0.05, 0) is 30.2 Å². The molecule has 4 nitrogen and oxygen atoms in total. The van der Waals surface area contributed by atoms with E-state index >= 15 is 0 Å². The molecule has 0 bridgehead atoms. The first-order valence-corrected chi connectivity index (χ1v) is 9.35. The van der Waals surface area contributed by atoms with E-state index in [0.717, 1.165) is 40.1 Å². The summed E-state index contributed by atoms with van der Waals surface area (Å²) in [5.74, 6) is 4.54. The Morgan fingerprint density at radius 1 is 1.33 bits per heavy atom. The molecule has 122 valence electrons. The van der Waals surface area contributed by atoms with E-state index in [0.29, 0.717) is 0 Å². The number of hydrogen-bond acceptors (Lipinski definition) is 4. The third-order valence-corrected chi connectivity index (χ3v) is 5.67. The van der Waals surface area contributed by atoms with Gasteiger partial charge in [-0.15, -0.1) is 17.8 Å². The van der Waals surface area contributed by atoms with Crippen LogP contribution in [0.15, 0.2) is 30.0 Å². The highest BCUT2D eigenvalue weighted by atomic mass is 32.1. The highest BCUT2D eigenvalue weighted by Crippen LogP contribution is 2.35. The molecule has 0 aromatic carbocycles. The standard InChI is InChI=1S/C19H20N4S/c1-2-15-8-11-24-18(15)17-19(21-12-14-6-4-3-5-7-14)23-10-9-20-13-16(23)22-17/h1,8-11,13-14,21H,3-7,12H2. The van der Waals surface area contributed by atoms with Crippen LogP contribution in [0.5, 0.6) is 0 Å². The average molecular weight is 336 g/mol. The molecule has 4 rings (SSSR count). The number of hydrogen-bond donors (Lipinski definition) is 1. The summed E-state index contributed by atoms with van der Waals surface area (Å²) in [5, 5.41) is 5.68. The molecule has 0 saturated heterocycles. The van der Waals surface area contributed by atoms with Crippen molar-refractivity contribution in [2.75, 3.05) is 11.9 Å². The fourth-order valence-corrected chi connectivity index (χ4v) is 4.32. The summed E-state index contributed by atoms with van der Waals surface area (Å²) in [6.45, 7) is 0.986. The van der Waals surface area contributed by atoms with Gasteiger partial charge < -0.3 is 5.32 Å². The molecule has 0 aliphatic heterocycles. The molecule has 1 aliphatic carbocycles. The number of imidazole rings is 1. The van der Waals surface area contributed by atoms with Gasteiger partial charge in [0.2, 0.25) is 0 Å². The van der Waals surface area contributed by atoms with Crippen LogP contribution in [0.3, 0.4) is 0 Å². The van der Waals surface area contributed by atoms with E-state index in [1.165, 1.54) is 32.1 Å². The minimum atomic E-state index is 0.745. The molecule has 1 aliphatic rings. The topological polar surface area (TPSA) is 42.2 Å². The second kappa shape index (κ2) is 6.66. The van der Waals surface area contributed by atoms with Gasteiger partial charge in [0, 0.05) is 24.5 Å². The van der Waals surface area contributed by atoms with E-state index in [-0.39, 0.29) is 0 Å². The number of thiophene rings is 1. The van der Waals surface area contributed by atoms with E-state index in [9.17, 15) is 0 Å². The second-order valence-corrected chi connectivity index (χ2v) is 7.22. The van der Waals surface area contributed by atoms with E-state index in [1.807, 2.05) is 17.6 Å². The zero-order valence-corrected chi connectivity index (χ0v) is 14.4. The summed E-state index contributed by atoms with van der Waals surface area (Å²) in [5.41, 5.74) is 2.67. The van der Waals surface area contributed by atoms with Gasteiger partial charge in [0.1, 0.15) is 11.5 Å². The molecule has 3 aromatic heterocycles. The number of fused-ring (bicyclic) bond motifs is 1. The molecule has 0 amide bonds. The van der Waals surface area contributed by atoms with E-state index in [2.05, 4.69) is 20.6 Å². The highest BCUT2D eigenvalue weighted by Gasteiger charge is 2.19. The Bertz CT molecular complexity index is 880. The van der Waals surface area contributed by atoms with Gasteiger partial charge in [-0.3, -0.25) is 9.38 Å². The molecule has 24 heavy (non-hydrogen) atoms. The molecule has 1 saturated carbocycles. The fourth-order valence-electron chi connectivity index (χ4n) is 3.47. The zero-order valence-electron chi connectivity index (χ0n) is 13.5. The van der Waals surface area contributed by atoms with Crippen LogP contribution in [-0.2, 0) is 0 Å². The van der Waals surface area contributed by atoms with Crippen molar-refractivity contribution in [3.8, 4) is 22.9 Å². The quantitative estimate of drug-likeness (QED) is 0.717. The van der Waals surface area contributed by atoms with Gasteiger partial charge in [0.25, 0.3) is 0 Å². The second-order valence-electron chi connectivity index (χ2n) is 6.31. The predicted molar refractivity (Wildman–Crippen MR) is 99.3 cm³/mol. The van der Waals surface area contributed by atoms with E-state index in [1.54, 1.807) is 23.7 Å². The molecule has 5 heteroatoms. The summed E-state index contributed by atoms with van der Waals surface area (Å²) in [4.78, 5) is 10.0. The lowest BCUT2D eigenvalue weighted by molar-refractivity contribution is 0.373. The third kappa shape index (κ3) is 2.78. The summed E-state index contributed by atoms with van der Waals surface area (Å²) in [6.07, 6.45) is 17.9. The largest absolute Gasteiger partial charge is 0.369 e. The fraction of sp³-hybridized carbons (Fsp3) is 0.368. The Labute approximate surface area is 146 Å². The maximum absolute atomic E-state index is 5.66. The number of nitrogens with zero attached hydrogens (tertiary/aromatic N) is 3. The van der Waals surface area contributed by atoms with Gasteiger partial charge in [0.05, 0.1) is 11.1 Å². The van der Waals surface area contributed by atoms with Crippen molar-refractivity contribution in [2.45, 2.75) is 32.1 Å². The Morgan fingerprint density at radius 3 is 3.04 bits per heavy atom. The smallest absolute Gasteiger partial charge is 0.157 e. The summed E-state index contributed by atoms with van der Waals surface area (Å²) < 4.78 is 2.07. The predicted octanol–water partition coefficient (Wildman–Crippen LogP) is 4.43. The molecule has 0 spiro atoms. The van der Waals surface area contributed by atoms with Crippen LogP contribution in [0.4, 0.5) is 5.82 Å². The van der Waals surface area contributed by atoms with Crippen LogP contribution in [0, 0.1) is 18.3 Å². The number of anilines is 1. The van der Waals surface area contributed by atoms with Crippen molar-refractivity contribution in [1.29, 1.82) is 0 Å². The number of terminal acetylenes is 1. The zero-order chi connectivity index (χ0) is 16.4. The van der Waals surface area contributed by atoms with Crippen LogP contribution in [0.1, 0.15) is 37.7 Å². The van der Waals surface area contributed by atoms with Crippen molar-refractivity contribution in [2.24, 2.45) is 5.92 Å². The third-order valence-electron chi connectivity index (χ3n) is 4.75. The Hall–Kier alpha value is -2.32. The van der Waals surface area contributed by atoms with E-state index in [4.69, 9.17) is 11.4 Å². The van der Waals surface area contributed by atoms with Crippen molar-refractivity contribution >= 4 is 22.8 Å². The lowest BCUT2D eigenvalue weighted by Crippen LogP contribution is -2.18. The molecule has 0 unspecified atom stereocenters. The minimum Gasteiger partial charge on any atom is -0.369 e. The van der Waals surface area contributed by atoms with Gasteiger partial charge in [-0.1, -0.05) is 25.2 Å². The van der Waals surface area contributed by atoms with Gasteiger partial charge in [-0.2, -0.15) is 0 Å². The van der Waals surface area contributed by atoms with Crippen LogP contribution in [-0.4, -0.2) is 20.9 Å². The van der Waals surface area contributed by atoms with Crippen molar-refractivity contribution in [1.82, 2.24) is 14.4 Å². The average Bonchev–Trinajstić information content (AvgIpc) is 3.24. The summed E-state index contributed by atoms with van der Waals surface area (Å²) in [7, 11) is 0. The molecular formula is C19H20N4S. The van der Waals surface area contributed by atoms with Crippen molar-refractivity contribution < 1.29 is 0 Å². The van der Waals surface area contributed by atoms with Gasteiger partial charge in [0.15, 0.2) is 5.65 Å². The summed E-state index contributed by atoms with van der Waals surface area (Å²) >= 11 is 1.64. The molecule has 3 aromatic rings. The molecule has 1 fully saturated rings. The normalized spacial score (nSPS) is 15.5. The van der Waals surface area contributed by atoms with Crippen LogP contribution >= 0.6 is 11.3 Å². The molecule has 0 atom stereocenters. The Balaban J connectivity index is 1.72. The maximum Gasteiger partial charge on any atom is 0.157 e. The number of aromatic nitrogens is 3. The summed E-state index contributed by atoms with van der Waals surface area (Å²) in [6, 6.07) is 1.98. The van der Waals surface area contributed by atoms with Crippen LogP contribution in [0.25, 0.3) is 16.2 Å². The highest BCUT2D eigenvalue weighted by molar-refractivity contribution is 7.13. The van der Waals surface area contributed by atoms with E-state index < -0.39 is 0 Å². The molecule has 1 N–H and O–H groups in total. The van der Waals surface area contributed by atoms with Crippen molar-refractivity contribution in [3.05, 3.63) is 35.6 Å². The first kappa shape index (κ1) is 15.2. The number of nitrogens with one attached hydrogen (secondary N) is 1. The molecular weight excluding hydrogens is 316 g/mol. The first-order chi connectivity index (χ1) is 11.9. The van der Waals surface area contributed by atoms with Crippen LogP contribution < -0.4 is 5.32 Å². The monoisotopic (exact) mass is 336 g/mol. The molecule has 3 heterocycles. The lowest BCUT2D eigenvalue weighted by atomic mass is 9.89. The Morgan fingerprint density at radius 2 is 2.21 bits per heavy atom. The minimum absolute atomic E-state index is 0.745. The van der Waals surface area contributed by atoms with Crippen molar-refractivity contribution in [3.63, 3.8) is 0 Å². The Kier molecular flexibility index (Phi) is 4.22. The SMILES string of the molecule is C#Cc1ccsc1-c1nc2cnccn2c1NCC1CCCCC1.